The molecule has 0 radical (unpaired) electrons. The number of unbranched alkanes of at least 4 members (excludes halogenated alkanes) is 1. The minimum absolute atomic E-state index is 0.00130. The molecule has 1 aliphatic rings. The predicted molar refractivity (Wildman–Crippen MR) is 112 cm³/mol. The van der Waals surface area contributed by atoms with Gasteiger partial charge in [0.05, 0.1) is 19.2 Å². The molecular weight excluding hydrogens is 372 g/mol. The SMILES string of the molecule is CCCCOc1ccc(C(=O)NCC(=O)NC2CCSc3ccccc32)cc1. The number of amides is 2. The molecule has 1 heterocycles. The molecule has 0 aliphatic carbocycles. The van der Waals surface area contributed by atoms with E-state index in [0.717, 1.165) is 36.3 Å². The van der Waals surface area contributed by atoms with Crippen molar-refractivity contribution in [3.8, 4) is 5.75 Å². The number of carbonyl (C=O) groups is 2. The summed E-state index contributed by atoms with van der Waals surface area (Å²) in [6.45, 7) is 2.74. The van der Waals surface area contributed by atoms with Gasteiger partial charge in [0.15, 0.2) is 0 Å². The fourth-order valence-corrected chi connectivity index (χ4v) is 4.16. The number of hydrogen-bond donors (Lipinski definition) is 2. The van der Waals surface area contributed by atoms with Crippen molar-refractivity contribution in [3.63, 3.8) is 0 Å². The Kier molecular flexibility index (Phi) is 7.37. The van der Waals surface area contributed by atoms with Crippen molar-refractivity contribution in [1.82, 2.24) is 10.6 Å². The van der Waals surface area contributed by atoms with E-state index in [-0.39, 0.29) is 24.4 Å². The third kappa shape index (κ3) is 5.52. The maximum Gasteiger partial charge on any atom is 0.251 e. The highest BCUT2D eigenvalue weighted by Crippen LogP contribution is 2.35. The second-order valence-electron chi connectivity index (χ2n) is 6.70. The molecule has 1 aliphatic heterocycles. The first-order chi connectivity index (χ1) is 13.7. The zero-order valence-corrected chi connectivity index (χ0v) is 16.9. The zero-order valence-electron chi connectivity index (χ0n) is 16.1. The number of benzene rings is 2. The second-order valence-corrected chi connectivity index (χ2v) is 7.84. The second kappa shape index (κ2) is 10.2. The van der Waals surface area contributed by atoms with Gasteiger partial charge in [-0.2, -0.15) is 0 Å². The Labute approximate surface area is 170 Å². The van der Waals surface area contributed by atoms with Gasteiger partial charge in [0.2, 0.25) is 5.91 Å². The van der Waals surface area contributed by atoms with Crippen molar-refractivity contribution in [2.45, 2.75) is 37.1 Å². The van der Waals surface area contributed by atoms with Gasteiger partial charge in [0.1, 0.15) is 5.75 Å². The van der Waals surface area contributed by atoms with Gasteiger partial charge in [-0.15, -0.1) is 11.8 Å². The van der Waals surface area contributed by atoms with Crippen molar-refractivity contribution in [3.05, 3.63) is 59.7 Å². The Hall–Kier alpha value is -2.47. The third-order valence-corrected chi connectivity index (χ3v) is 5.71. The first-order valence-electron chi connectivity index (χ1n) is 9.69. The van der Waals surface area contributed by atoms with E-state index in [0.29, 0.717) is 12.2 Å². The zero-order chi connectivity index (χ0) is 19.8. The highest BCUT2D eigenvalue weighted by Gasteiger charge is 2.22. The monoisotopic (exact) mass is 398 g/mol. The number of ether oxygens (including phenoxy) is 1. The van der Waals surface area contributed by atoms with Crippen LogP contribution in [-0.2, 0) is 4.79 Å². The van der Waals surface area contributed by atoms with Crippen LogP contribution in [0.2, 0.25) is 0 Å². The molecule has 148 valence electrons. The number of fused-ring (bicyclic) bond motifs is 1. The van der Waals surface area contributed by atoms with Gasteiger partial charge >= 0.3 is 0 Å². The van der Waals surface area contributed by atoms with Crippen LogP contribution in [0.5, 0.6) is 5.75 Å². The van der Waals surface area contributed by atoms with E-state index in [9.17, 15) is 9.59 Å². The van der Waals surface area contributed by atoms with Gasteiger partial charge in [-0.1, -0.05) is 31.5 Å². The average molecular weight is 399 g/mol. The van der Waals surface area contributed by atoms with E-state index in [1.54, 1.807) is 24.3 Å². The van der Waals surface area contributed by atoms with Crippen molar-refractivity contribution >= 4 is 23.6 Å². The number of carbonyl (C=O) groups excluding carboxylic acids is 2. The Balaban J connectivity index is 1.47. The topological polar surface area (TPSA) is 67.4 Å². The highest BCUT2D eigenvalue weighted by molar-refractivity contribution is 7.99. The lowest BCUT2D eigenvalue weighted by atomic mass is 10.0. The predicted octanol–water partition coefficient (Wildman–Crippen LogP) is 3.95. The lowest BCUT2D eigenvalue weighted by Crippen LogP contribution is -2.39. The Morgan fingerprint density at radius 1 is 1.14 bits per heavy atom. The third-order valence-electron chi connectivity index (χ3n) is 4.59. The molecule has 0 saturated carbocycles. The molecule has 3 rings (SSSR count). The fourth-order valence-electron chi connectivity index (χ4n) is 3.04. The summed E-state index contributed by atoms with van der Waals surface area (Å²) >= 11 is 1.81. The van der Waals surface area contributed by atoms with Gasteiger partial charge in [-0.3, -0.25) is 9.59 Å². The molecule has 0 saturated heterocycles. The van der Waals surface area contributed by atoms with Crippen LogP contribution in [0.4, 0.5) is 0 Å². The smallest absolute Gasteiger partial charge is 0.251 e. The molecule has 5 nitrogen and oxygen atoms in total. The minimum Gasteiger partial charge on any atom is -0.494 e. The first kappa shape index (κ1) is 20.3. The number of nitrogens with one attached hydrogen (secondary N) is 2. The Bertz CT molecular complexity index is 808. The summed E-state index contributed by atoms with van der Waals surface area (Å²) in [6.07, 6.45) is 2.97. The van der Waals surface area contributed by atoms with Crippen LogP contribution in [0.25, 0.3) is 0 Å². The normalized spacial score (nSPS) is 15.4. The average Bonchev–Trinajstić information content (AvgIpc) is 2.73. The summed E-state index contributed by atoms with van der Waals surface area (Å²) in [5.41, 5.74) is 1.66. The molecule has 0 spiro atoms. The minimum atomic E-state index is -0.269. The summed E-state index contributed by atoms with van der Waals surface area (Å²) < 4.78 is 5.60. The molecule has 28 heavy (non-hydrogen) atoms. The molecular formula is C22H26N2O3S. The van der Waals surface area contributed by atoms with Crippen LogP contribution in [0.1, 0.15) is 48.1 Å². The van der Waals surface area contributed by atoms with Gasteiger partial charge in [-0.05, 0) is 48.7 Å². The number of hydrogen-bond acceptors (Lipinski definition) is 4. The first-order valence-corrected chi connectivity index (χ1v) is 10.7. The largest absolute Gasteiger partial charge is 0.494 e. The number of thioether (sulfide) groups is 1. The van der Waals surface area contributed by atoms with Gasteiger partial charge in [-0.25, -0.2) is 0 Å². The van der Waals surface area contributed by atoms with Crippen LogP contribution >= 0.6 is 11.8 Å². The molecule has 2 N–H and O–H groups in total. The number of rotatable bonds is 8. The maximum absolute atomic E-state index is 12.3. The molecule has 0 bridgehead atoms. The van der Waals surface area contributed by atoms with Crippen LogP contribution < -0.4 is 15.4 Å². The Morgan fingerprint density at radius 3 is 2.71 bits per heavy atom. The molecule has 1 unspecified atom stereocenters. The van der Waals surface area contributed by atoms with Crippen LogP contribution in [0.15, 0.2) is 53.4 Å². The van der Waals surface area contributed by atoms with Crippen molar-refractivity contribution in [2.24, 2.45) is 0 Å². The van der Waals surface area contributed by atoms with Gasteiger partial charge in [0, 0.05) is 16.2 Å². The van der Waals surface area contributed by atoms with Gasteiger partial charge in [0.25, 0.3) is 5.91 Å². The Morgan fingerprint density at radius 2 is 1.93 bits per heavy atom. The van der Waals surface area contributed by atoms with E-state index in [1.807, 2.05) is 23.9 Å². The maximum atomic E-state index is 12.3. The van der Waals surface area contributed by atoms with Crippen molar-refractivity contribution in [2.75, 3.05) is 18.9 Å². The summed E-state index contributed by atoms with van der Waals surface area (Å²) in [7, 11) is 0. The summed E-state index contributed by atoms with van der Waals surface area (Å²) in [4.78, 5) is 25.8. The van der Waals surface area contributed by atoms with E-state index in [2.05, 4.69) is 29.7 Å². The van der Waals surface area contributed by atoms with E-state index in [4.69, 9.17) is 4.74 Å². The molecule has 2 aromatic rings. The summed E-state index contributed by atoms with van der Waals surface area (Å²) in [5.74, 6) is 1.27. The molecule has 2 amide bonds. The van der Waals surface area contributed by atoms with E-state index >= 15 is 0 Å². The molecule has 0 aromatic heterocycles. The lowest BCUT2D eigenvalue weighted by molar-refractivity contribution is -0.120. The molecule has 0 fully saturated rings. The fraction of sp³-hybridized carbons (Fsp3) is 0.364. The van der Waals surface area contributed by atoms with Crippen LogP contribution in [0, 0.1) is 0 Å². The van der Waals surface area contributed by atoms with E-state index < -0.39 is 0 Å². The summed E-state index contributed by atoms with van der Waals surface area (Å²) in [6, 6.07) is 15.1. The van der Waals surface area contributed by atoms with Gasteiger partial charge < -0.3 is 15.4 Å². The lowest BCUT2D eigenvalue weighted by Gasteiger charge is -2.25. The molecule has 2 aromatic carbocycles. The molecule has 1 atom stereocenters. The van der Waals surface area contributed by atoms with Crippen molar-refractivity contribution < 1.29 is 14.3 Å². The quantitative estimate of drug-likeness (QED) is 0.661. The van der Waals surface area contributed by atoms with E-state index in [1.165, 1.54) is 4.90 Å². The van der Waals surface area contributed by atoms with Crippen LogP contribution in [-0.4, -0.2) is 30.7 Å². The van der Waals surface area contributed by atoms with Crippen molar-refractivity contribution in [1.29, 1.82) is 0 Å². The molecule has 6 heteroatoms. The van der Waals surface area contributed by atoms with Crippen LogP contribution in [0.3, 0.4) is 0 Å². The standard InChI is InChI=1S/C22H26N2O3S/c1-2-3-13-27-17-10-8-16(9-11-17)22(26)23-15-21(25)24-19-12-14-28-20-7-5-4-6-18(19)20/h4-11,19H,2-3,12-15H2,1H3,(H,23,26)(H,24,25). The highest BCUT2D eigenvalue weighted by atomic mass is 32.2. The summed E-state index contributed by atoms with van der Waals surface area (Å²) in [5, 5.41) is 5.72.